The third-order valence-corrected chi connectivity index (χ3v) is 2.55. The van der Waals surface area contributed by atoms with Crippen molar-refractivity contribution in [1.82, 2.24) is 0 Å². The van der Waals surface area contributed by atoms with Gasteiger partial charge in [0.1, 0.15) is 38.8 Å². The maximum Gasteiger partial charge on any atom is 0.127 e. The minimum Gasteiger partial charge on any atom is -0.385 e. The molecule has 1 rings (SSSR count). The Morgan fingerprint density at radius 1 is 1.36 bits per heavy atom. The summed E-state index contributed by atoms with van der Waals surface area (Å²) in [5.74, 6) is 0. The van der Waals surface area contributed by atoms with Gasteiger partial charge in [-0.2, -0.15) is 0 Å². The highest BCUT2D eigenvalue weighted by Crippen LogP contribution is 1.89. The first-order valence-corrected chi connectivity index (χ1v) is 5.63. The Bertz CT molecular complexity index is 147. The minimum absolute atomic E-state index is 0.217. The molecular weight excluding hydrogens is 180 g/mol. The molecule has 4 N–H and O–H groups in total. The normalized spacial score (nSPS) is 21.4. The van der Waals surface area contributed by atoms with Crippen LogP contribution in [0, 0.1) is 0 Å². The average Bonchev–Trinajstić information content (AvgIpc) is 2.16. The van der Waals surface area contributed by atoms with Gasteiger partial charge in [-0.1, -0.05) is 0 Å². The van der Waals surface area contributed by atoms with Crippen LogP contribution < -0.4 is 10.2 Å². The largest absolute Gasteiger partial charge is 0.385 e. The van der Waals surface area contributed by atoms with Crippen molar-refractivity contribution in [2.45, 2.75) is 26.1 Å². The topological polar surface area (TPSA) is 50.5 Å². The molecule has 4 nitrogen and oxygen atoms in total. The molecule has 0 aliphatic carbocycles. The van der Waals surface area contributed by atoms with Crippen LogP contribution in [0.15, 0.2) is 0 Å². The van der Waals surface area contributed by atoms with Gasteiger partial charge in [0.15, 0.2) is 0 Å². The molecule has 0 saturated carbocycles. The Hall–Kier alpha value is -0.160. The number of rotatable bonds is 5. The number of ether oxygens (including phenoxy) is 1. The third kappa shape index (κ3) is 4.91. The van der Waals surface area contributed by atoms with Gasteiger partial charge in [-0.15, -0.1) is 0 Å². The molecule has 0 aromatic carbocycles. The van der Waals surface area contributed by atoms with Crippen LogP contribution in [0.25, 0.3) is 0 Å². The molecule has 1 atom stereocenters. The van der Waals surface area contributed by atoms with Gasteiger partial charge in [-0.05, 0) is 13.8 Å². The highest BCUT2D eigenvalue weighted by Gasteiger charge is 2.19. The van der Waals surface area contributed by atoms with Gasteiger partial charge < -0.3 is 20.1 Å². The smallest absolute Gasteiger partial charge is 0.127 e. The fraction of sp³-hybridized carbons (Fsp3) is 1.00. The lowest BCUT2D eigenvalue weighted by Crippen LogP contribution is -3.21. The summed E-state index contributed by atoms with van der Waals surface area (Å²) in [6.07, 6.45) is -0.0835. The molecule has 14 heavy (non-hydrogen) atoms. The average molecular weight is 204 g/mol. The van der Waals surface area contributed by atoms with E-state index in [1.807, 2.05) is 13.8 Å². The maximum atomic E-state index is 9.69. The van der Waals surface area contributed by atoms with E-state index >= 15 is 0 Å². The second-order valence-electron chi connectivity index (χ2n) is 4.36. The zero-order chi connectivity index (χ0) is 10.4. The molecule has 1 saturated heterocycles. The molecule has 1 aliphatic rings. The van der Waals surface area contributed by atoms with Crippen LogP contribution in [-0.2, 0) is 4.74 Å². The quantitative estimate of drug-likeness (QED) is 0.454. The van der Waals surface area contributed by atoms with Crippen molar-refractivity contribution < 1.29 is 20.1 Å². The molecule has 4 heteroatoms. The standard InChI is InChI=1S/C10H22N2O2/c1-9(2)14-8-10(13)7-12-5-3-11-4-6-12/h9-11,13H,3-8H2,1-2H3/p+2. The molecule has 1 fully saturated rings. The lowest BCUT2D eigenvalue weighted by molar-refractivity contribution is -0.949. The van der Waals surface area contributed by atoms with E-state index in [0.29, 0.717) is 6.61 Å². The predicted molar refractivity (Wildman–Crippen MR) is 54.3 cm³/mol. The lowest BCUT2D eigenvalue weighted by atomic mass is 10.3. The monoisotopic (exact) mass is 204 g/mol. The number of aliphatic hydroxyl groups is 1. The lowest BCUT2D eigenvalue weighted by Gasteiger charge is -2.24. The summed E-state index contributed by atoms with van der Waals surface area (Å²) in [6.45, 7) is 10.0. The summed E-state index contributed by atoms with van der Waals surface area (Å²) in [7, 11) is 0. The summed E-state index contributed by atoms with van der Waals surface area (Å²) in [5, 5.41) is 12.0. The van der Waals surface area contributed by atoms with Crippen LogP contribution in [0.3, 0.4) is 0 Å². The molecule has 1 aliphatic heterocycles. The Balaban J connectivity index is 2.09. The fourth-order valence-electron chi connectivity index (χ4n) is 1.78. The van der Waals surface area contributed by atoms with Crippen molar-refractivity contribution >= 4 is 0 Å². The first-order valence-electron chi connectivity index (χ1n) is 5.63. The molecule has 0 aromatic heterocycles. The molecule has 1 unspecified atom stereocenters. The summed E-state index contributed by atoms with van der Waals surface area (Å²) < 4.78 is 5.37. The highest BCUT2D eigenvalue weighted by atomic mass is 16.5. The van der Waals surface area contributed by atoms with Gasteiger partial charge in [0.2, 0.25) is 0 Å². The zero-order valence-corrected chi connectivity index (χ0v) is 9.33. The molecule has 0 bridgehead atoms. The first kappa shape index (κ1) is 11.9. The molecular formula is C10H24N2O2+2. The number of nitrogens with two attached hydrogens (primary N) is 1. The first-order chi connectivity index (χ1) is 6.68. The molecule has 0 radical (unpaired) electrons. The van der Waals surface area contributed by atoms with Crippen molar-refractivity contribution in [3.8, 4) is 0 Å². The molecule has 84 valence electrons. The van der Waals surface area contributed by atoms with Gasteiger partial charge >= 0.3 is 0 Å². The van der Waals surface area contributed by atoms with E-state index in [0.717, 1.165) is 6.54 Å². The highest BCUT2D eigenvalue weighted by molar-refractivity contribution is 4.52. The SMILES string of the molecule is CC(C)OCC(O)C[NH+]1CC[NH2+]CC1. The van der Waals surface area contributed by atoms with Crippen LogP contribution in [-0.4, -0.2) is 56.6 Å². The zero-order valence-electron chi connectivity index (χ0n) is 9.33. The van der Waals surface area contributed by atoms with E-state index in [4.69, 9.17) is 4.74 Å². The molecule has 0 amide bonds. The van der Waals surface area contributed by atoms with Gasteiger partial charge in [-0.3, -0.25) is 0 Å². The van der Waals surface area contributed by atoms with Crippen molar-refractivity contribution in [1.29, 1.82) is 0 Å². The Morgan fingerprint density at radius 2 is 2.00 bits per heavy atom. The summed E-state index contributed by atoms with van der Waals surface area (Å²) in [6, 6.07) is 0. The number of nitrogens with one attached hydrogen (secondary N) is 1. The van der Waals surface area contributed by atoms with E-state index in [9.17, 15) is 5.11 Å². The van der Waals surface area contributed by atoms with E-state index < -0.39 is 0 Å². The molecule has 0 aromatic rings. The number of hydrogen-bond acceptors (Lipinski definition) is 2. The van der Waals surface area contributed by atoms with E-state index in [-0.39, 0.29) is 12.2 Å². The van der Waals surface area contributed by atoms with Crippen LogP contribution in [0.4, 0.5) is 0 Å². The van der Waals surface area contributed by atoms with E-state index in [1.165, 1.54) is 31.1 Å². The Labute approximate surface area is 86.2 Å². The van der Waals surface area contributed by atoms with Gasteiger partial charge in [0.05, 0.1) is 12.7 Å². The number of hydrogen-bond donors (Lipinski definition) is 3. The van der Waals surface area contributed by atoms with E-state index in [1.54, 1.807) is 0 Å². The third-order valence-electron chi connectivity index (χ3n) is 2.55. The second kappa shape index (κ2) is 6.35. The van der Waals surface area contributed by atoms with Gasteiger partial charge in [-0.25, -0.2) is 0 Å². The van der Waals surface area contributed by atoms with Crippen LogP contribution in [0.5, 0.6) is 0 Å². The maximum absolute atomic E-state index is 9.69. The second-order valence-corrected chi connectivity index (χ2v) is 4.36. The predicted octanol–water partition coefficient (Wildman–Crippen LogP) is -2.77. The van der Waals surface area contributed by atoms with Crippen molar-refractivity contribution in [2.75, 3.05) is 39.3 Å². The molecule has 0 spiro atoms. The van der Waals surface area contributed by atoms with E-state index in [2.05, 4.69) is 5.32 Å². The van der Waals surface area contributed by atoms with Crippen LogP contribution in [0.1, 0.15) is 13.8 Å². The Kier molecular flexibility index (Phi) is 5.40. The van der Waals surface area contributed by atoms with Crippen molar-refractivity contribution in [3.05, 3.63) is 0 Å². The van der Waals surface area contributed by atoms with Crippen molar-refractivity contribution in [2.24, 2.45) is 0 Å². The van der Waals surface area contributed by atoms with Gasteiger partial charge in [0.25, 0.3) is 0 Å². The Morgan fingerprint density at radius 3 is 2.57 bits per heavy atom. The summed E-state index contributed by atoms with van der Waals surface area (Å²) >= 11 is 0. The minimum atomic E-state index is -0.300. The number of quaternary nitrogens is 2. The summed E-state index contributed by atoms with van der Waals surface area (Å²) in [4.78, 5) is 1.51. The number of aliphatic hydroxyl groups excluding tert-OH is 1. The van der Waals surface area contributed by atoms with Crippen LogP contribution >= 0.6 is 0 Å². The van der Waals surface area contributed by atoms with Crippen molar-refractivity contribution in [3.63, 3.8) is 0 Å². The van der Waals surface area contributed by atoms with Gasteiger partial charge in [0, 0.05) is 0 Å². The molecule has 1 heterocycles. The fourth-order valence-corrected chi connectivity index (χ4v) is 1.78. The van der Waals surface area contributed by atoms with Crippen LogP contribution in [0.2, 0.25) is 0 Å². The number of piperazine rings is 1. The summed E-state index contributed by atoms with van der Waals surface area (Å²) in [5.41, 5.74) is 0.